The Kier molecular flexibility index (Phi) is 10.0. The zero-order chi connectivity index (χ0) is 20.4. The first-order chi connectivity index (χ1) is 12.6. The van der Waals surface area contributed by atoms with E-state index in [1.54, 1.807) is 32.9 Å². The number of carbonyl (C=O) groups excluding carboxylic acids is 3. The Morgan fingerprint density at radius 1 is 1.30 bits per heavy atom. The van der Waals surface area contributed by atoms with Gasteiger partial charge >= 0.3 is 18.4 Å². The third kappa shape index (κ3) is 9.93. The average Bonchev–Trinajstić information content (AvgIpc) is 2.54. The van der Waals surface area contributed by atoms with E-state index in [1.807, 2.05) is 27.2 Å². The zero-order valence-corrected chi connectivity index (χ0v) is 19.3. The maximum absolute atomic E-state index is 12.5. The smallest absolute Gasteiger partial charge is 0.613 e. The quantitative estimate of drug-likeness (QED) is 0.432. The Hall–Kier alpha value is -1.38. The zero-order valence-electron chi connectivity index (χ0n) is 16.0. The van der Waals surface area contributed by atoms with Crippen molar-refractivity contribution >= 4 is 56.3 Å². The van der Waals surface area contributed by atoms with Gasteiger partial charge in [0.2, 0.25) is 5.91 Å². The number of nitrogens with one attached hydrogen (secondary N) is 1. The van der Waals surface area contributed by atoms with Crippen molar-refractivity contribution < 1.29 is 22.9 Å². The maximum atomic E-state index is 12.5. The van der Waals surface area contributed by atoms with E-state index in [0.29, 0.717) is 17.9 Å². The van der Waals surface area contributed by atoms with Crippen molar-refractivity contribution in [3.05, 3.63) is 23.9 Å². The summed E-state index contributed by atoms with van der Waals surface area (Å²) in [6.07, 6.45) is 1.78. The number of pyridine rings is 1. The van der Waals surface area contributed by atoms with Crippen LogP contribution in [0.3, 0.4) is 0 Å². The van der Waals surface area contributed by atoms with Gasteiger partial charge in [-0.2, -0.15) is 20.3 Å². The van der Waals surface area contributed by atoms with Crippen LogP contribution in [0, 0.1) is 0 Å². The molecule has 0 atom stereocenters. The predicted octanol–water partition coefficient (Wildman–Crippen LogP) is 2.72. The lowest BCUT2D eigenvalue weighted by molar-refractivity contribution is -0.142. The number of nitrogens with zero attached hydrogens (tertiary/aromatic N) is 2. The number of anilines is 1. The van der Waals surface area contributed by atoms with E-state index in [9.17, 15) is 14.4 Å². The molecule has 1 rings (SSSR count). The highest BCUT2D eigenvalue weighted by atomic mass is 127. The molecule has 0 unspecified atom stereocenters. The maximum Gasteiger partial charge on any atom is 0.627 e. The lowest BCUT2D eigenvalue weighted by Gasteiger charge is -2.21. The van der Waals surface area contributed by atoms with Gasteiger partial charge in [0.1, 0.15) is 18.0 Å². The fourth-order valence-corrected chi connectivity index (χ4v) is 3.13. The highest BCUT2D eigenvalue weighted by Crippen LogP contribution is 2.11. The number of rotatable bonds is 8. The van der Waals surface area contributed by atoms with Crippen LogP contribution in [-0.4, -0.2) is 58.8 Å². The molecule has 0 fully saturated rings. The molecule has 1 aromatic heterocycles. The second-order valence-corrected chi connectivity index (χ2v) is 8.69. The van der Waals surface area contributed by atoms with E-state index >= 15 is 0 Å². The second-order valence-electron chi connectivity index (χ2n) is 6.75. The minimum absolute atomic E-state index is 0.0472. The molecular weight excluding hydrogens is 480 g/mol. The van der Waals surface area contributed by atoms with Crippen molar-refractivity contribution in [2.75, 3.05) is 18.4 Å². The van der Waals surface area contributed by atoms with E-state index in [4.69, 9.17) is 8.53 Å². The summed E-state index contributed by atoms with van der Waals surface area (Å²) in [6, 6.07) is 3.30. The highest BCUT2D eigenvalue weighted by Gasteiger charge is 2.18. The number of ether oxygens (including phenoxy) is 1. The Bertz CT molecular complexity index is 649. The van der Waals surface area contributed by atoms with E-state index in [2.05, 4.69) is 10.3 Å². The normalized spacial score (nSPS) is 10.7. The molecule has 1 radical (unpaired) electrons. The summed E-state index contributed by atoms with van der Waals surface area (Å²) in [5, 5.41) is 2.54. The monoisotopic (exact) mass is 504 g/mol. The topological polar surface area (TPSA) is 97.8 Å². The lowest BCUT2D eigenvalue weighted by atomic mass is 10.2. The summed E-state index contributed by atoms with van der Waals surface area (Å²) in [7, 11) is 0. The van der Waals surface area contributed by atoms with Crippen LogP contribution >= 0.6 is 20.3 Å². The number of hydrogen-bond donors (Lipinski definition) is 1. The van der Waals surface area contributed by atoms with Crippen molar-refractivity contribution in [3.63, 3.8) is 0 Å². The predicted molar refractivity (Wildman–Crippen MR) is 111 cm³/mol. The molecule has 8 nitrogen and oxygen atoms in total. The van der Waals surface area contributed by atoms with Crippen molar-refractivity contribution in [1.29, 1.82) is 0 Å². The first-order valence-corrected chi connectivity index (χ1v) is 13.1. The van der Waals surface area contributed by atoms with Crippen LogP contribution in [0.2, 0.25) is 0 Å². The molecule has 1 N–H and O–H groups in total. The van der Waals surface area contributed by atoms with E-state index in [-0.39, 0.29) is 18.9 Å². The fraction of sp³-hybridized carbons (Fsp3) is 0.529. The number of hydrogen-bond acceptors (Lipinski definition) is 6. The van der Waals surface area contributed by atoms with Crippen LogP contribution in [0.25, 0.3) is 0 Å². The molecule has 10 heteroatoms. The van der Waals surface area contributed by atoms with E-state index in [1.165, 1.54) is 11.1 Å². The summed E-state index contributed by atoms with van der Waals surface area (Å²) in [6.45, 7) is 7.69. The number of aromatic nitrogens is 1. The van der Waals surface area contributed by atoms with Crippen LogP contribution in [0.4, 0.5) is 10.6 Å². The van der Waals surface area contributed by atoms with E-state index in [0.717, 1.165) is 6.42 Å². The van der Waals surface area contributed by atoms with Crippen LogP contribution < -0.4 is 5.32 Å². The van der Waals surface area contributed by atoms with Gasteiger partial charge in [0.15, 0.2) is 0 Å². The number of halogens is 1. The molecule has 1 aromatic rings. The minimum atomic E-state index is -0.598. The summed E-state index contributed by atoms with van der Waals surface area (Å²) < 4.78 is 10.1. The molecule has 0 aliphatic carbocycles. The molecule has 1 heterocycles. The number of carbonyl (C=O) groups is 3. The Labute approximate surface area is 177 Å². The molecule has 0 aliphatic heterocycles. The van der Waals surface area contributed by atoms with Gasteiger partial charge in [-0.15, -0.1) is 0 Å². The molecule has 0 spiro atoms. The van der Waals surface area contributed by atoms with Gasteiger partial charge in [-0.3, -0.25) is 14.9 Å². The summed E-state index contributed by atoms with van der Waals surface area (Å²) in [5.74, 6) is -0.234. The van der Waals surface area contributed by atoms with Crippen LogP contribution in [0.15, 0.2) is 18.3 Å². The third-order valence-electron chi connectivity index (χ3n) is 3.15. The van der Waals surface area contributed by atoms with Gasteiger partial charge in [-0.25, -0.2) is 9.78 Å². The fourth-order valence-electron chi connectivity index (χ4n) is 2.10. The van der Waals surface area contributed by atoms with Crippen LogP contribution in [0.5, 0.6) is 0 Å². The molecular formula is C17H24AlIN3O5. The van der Waals surface area contributed by atoms with Crippen molar-refractivity contribution in [2.45, 2.75) is 46.1 Å². The van der Waals surface area contributed by atoms with Crippen molar-refractivity contribution in [3.8, 4) is 0 Å². The highest BCUT2D eigenvalue weighted by molar-refractivity contribution is 14.1. The van der Waals surface area contributed by atoms with E-state index < -0.39 is 29.9 Å². The largest absolute Gasteiger partial charge is 0.627 e. The molecule has 0 aliphatic rings. The van der Waals surface area contributed by atoms with Crippen LogP contribution in [0.1, 0.15) is 39.7 Å². The molecule has 0 bridgehead atoms. The second kappa shape index (κ2) is 11.5. The van der Waals surface area contributed by atoms with Gasteiger partial charge in [0, 0.05) is 12.7 Å². The van der Waals surface area contributed by atoms with Crippen molar-refractivity contribution in [2.24, 2.45) is 0 Å². The molecule has 147 valence electrons. The molecule has 0 saturated carbocycles. The SMILES string of the molecule is CCCN(CC(=O)[O][Al][I])C(=O)Cc1ccc(NC(=O)OC(C)(C)C)nc1. The lowest BCUT2D eigenvalue weighted by Crippen LogP contribution is -2.38. The summed E-state index contributed by atoms with van der Waals surface area (Å²) in [4.78, 5) is 41.5. The average molecular weight is 504 g/mol. The van der Waals surface area contributed by atoms with Gasteiger partial charge in [0.25, 0.3) is 5.97 Å². The molecule has 0 saturated heterocycles. The minimum Gasteiger partial charge on any atom is -0.613 e. The molecule has 27 heavy (non-hydrogen) atoms. The van der Waals surface area contributed by atoms with Crippen LogP contribution in [-0.2, 0) is 24.5 Å². The Morgan fingerprint density at radius 2 is 2.00 bits per heavy atom. The van der Waals surface area contributed by atoms with Gasteiger partial charge in [0.05, 0.1) is 6.42 Å². The third-order valence-corrected chi connectivity index (χ3v) is 4.27. The van der Waals surface area contributed by atoms with Gasteiger partial charge in [-0.1, -0.05) is 13.0 Å². The first-order valence-electron chi connectivity index (χ1n) is 8.48. The summed E-state index contributed by atoms with van der Waals surface area (Å²) >= 11 is 1.59. The standard InChI is InChI=1S/C17H25N3O5.Al.HI/c1-5-8-20(11-15(22)23)14(21)9-12-6-7-13(18-10-12)19-16(24)25-17(2,3)4;;/h6-7,10H,5,8-9,11H2,1-4H3,(H,22,23)(H,18,19,24);;1H/q;+2;/p-2. The summed E-state index contributed by atoms with van der Waals surface area (Å²) in [5.41, 5.74) is 0.0859. The number of amides is 2. The van der Waals surface area contributed by atoms with Gasteiger partial charge < -0.3 is 13.4 Å². The molecule has 2 amide bonds. The van der Waals surface area contributed by atoms with Gasteiger partial charge in [-0.05, 0) is 38.8 Å². The Balaban J connectivity index is 2.65. The first kappa shape index (κ1) is 23.7. The Morgan fingerprint density at radius 3 is 2.52 bits per heavy atom. The van der Waals surface area contributed by atoms with Crippen molar-refractivity contribution in [1.82, 2.24) is 9.88 Å². The molecule has 0 aromatic carbocycles.